The molecule has 0 spiro atoms. The molecule has 8 nitrogen and oxygen atoms in total. The Labute approximate surface area is 189 Å². The quantitative estimate of drug-likeness (QED) is 0.686. The third-order valence-electron chi connectivity index (χ3n) is 7.26. The van der Waals surface area contributed by atoms with Crippen LogP contribution in [0.4, 0.5) is 10.6 Å². The summed E-state index contributed by atoms with van der Waals surface area (Å²) >= 11 is 0. The molecule has 4 bridgehead atoms. The van der Waals surface area contributed by atoms with E-state index in [1.54, 1.807) is 12.5 Å². The zero-order chi connectivity index (χ0) is 22.4. The van der Waals surface area contributed by atoms with Crippen molar-refractivity contribution >= 4 is 11.9 Å². The zero-order valence-electron chi connectivity index (χ0n) is 19.2. The van der Waals surface area contributed by atoms with Crippen molar-refractivity contribution in [3.63, 3.8) is 0 Å². The third kappa shape index (κ3) is 3.55. The fourth-order valence-corrected chi connectivity index (χ4v) is 5.58. The van der Waals surface area contributed by atoms with E-state index in [0.717, 1.165) is 49.2 Å². The van der Waals surface area contributed by atoms with Crippen molar-refractivity contribution in [3.05, 3.63) is 35.9 Å². The summed E-state index contributed by atoms with van der Waals surface area (Å²) in [7, 11) is 0. The molecule has 8 heteroatoms. The fraction of sp³-hybridized carbons (Fsp3) is 0.583. The van der Waals surface area contributed by atoms with Gasteiger partial charge in [-0.1, -0.05) is 6.92 Å². The lowest BCUT2D eigenvalue weighted by Gasteiger charge is -2.61. The summed E-state index contributed by atoms with van der Waals surface area (Å²) in [4.78, 5) is 30.7. The lowest BCUT2D eigenvalue weighted by atomic mass is 9.73. The van der Waals surface area contributed by atoms with Crippen LogP contribution in [-0.2, 0) is 4.74 Å². The fourth-order valence-electron chi connectivity index (χ4n) is 5.58. The first-order valence-electron chi connectivity index (χ1n) is 11.6. The van der Waals surface area contributed by atoms with Gasteiger partial charge in [0.1, 0.15) is 18.2 Å². The Morgan fingerprint density at radius 2 is 1.78 bits per heavy atom. The smallest absolute Gasteiger partial charge is 0.410 e. The molecule has 2 aromatic heterocycles. The molecule has 0 aliphatic carbocycles. The number of amides is 1. The number of rotatable bonds is 5. The van der Waals surface area contributed by atoms with E-state index in [4.69, 9.17) is 9.47 Å². The monoisotopic (exact) mass is 437 g/mol. The second-order valence-electron chi connectivity index (χ2n) is 9.29. The highest BCUT2D eigenvalue weighted by molar-refractivity contribution is 5.70. The van der Waals surface area contributed by atoms with Gasteiger partial charge in [-0.15, -0.1) is 0 Å². The first-order valence-corrected chi connectivity index (χ1v) is 11.6. The lowest BCUT2D eigenvalue weighted by molar-refractivity contribution is -0.0239. The van der Waals surface area contributed by atoms with Gasteiger partial charge in [0.05, 0.1) is 11.3 Å². The second-order valence-corrected chi connectivity index (χ2v) is 9.29. The summed E-state index contributed by atoms with van der Waals surface area (Å²) in [6, 6.07) is 5.00. The van der Waals surface area contributed by atoms with Gasteiger partial charge in [0.15, 0.2) is 5.75 Å². The first kappa shape index (κ1) is 21.0. The van der Waals surface area contributed by atoms with Gasteiger partial charge >= 0.3 is 6.09 Å². The molecule has 6 heterocycles. The molecule has 170 valence electrons. The predicted octanol–water partition coefficient (Wildman–Crippen LogP) is 4.40. The Bertz CT molecular complexity index is 983. The number of aryl methyl sites for hydroxylation is 1. The summed E-state index contributed by atoms with van der Waals surface area (Å²) < 4.78 is 11.8. The van der Waals surface area contributed by atoms with Crippen molar-refractivity contribution in [3.8, 4) is 11.6 Å². The van der Waals surface area contributed by atoms with Crippen LogP contribution in [0.15, 0.2) is 24.7 Å². The van der Waals surface area contributed by atoms with Crippen molar-refractivity contribution in [2.45, 2.75) is 90.1 Å². The topological polar surface area (TPSA) is 80.7 Å². The van der Waals surface area contributed by atoms with Crippen molar-refractivity contribution in [2.75, 3.05) is 4.90 Å². The van der Waals surface area contributed by atoms with Crippen LogP contribution in [-0.4, -0.2) is 56.2 Å². The molecule has 0 unspecified atom stereocenters. The molecule has 32 heavy (non-hydrogen) atoms. The number of carbonyl (C=O) groups excluding carboxylic acids is 1. The zero-order valence-corrected chi connectivity index (χ0v) is 19.2. The summed E-state index contributed by atoms with van der Waals surface area (Å²) in [5.41, 5.74) is 1.77. The number of piperidine rings is 4. The minimum atomic E-state index is -0.138. The standard InChI is InChI=1S/C24H31N5O3/c1-5-14(2)31-24(30)29-19-9-17-10-20(29)12-18(11-19)28(17)22-15(3)23(27-13-26-22)32-21-7-6-8-25-16(21)4/h6-8,13-14,17-20H,5,9-12H2,1-4H3/t14-,17?,18?,19?,20?/m0/s1. The number of pyridine rings is 1. The molecule has 0 saturated carbocycles. The molecule has 6 rings (SSSR count). The Balaban J connectivity index is 1.36. The number of ether oxygens (including phenoxy) is 2. The van der Waals surface area contributed by atoms with E-state index < -0.39 is 0 Å². The molecule has 4 saturated heterocycles. The predicted molar refractivity (Wildman–Crippen MR) is 120 cm³/mol. The van der Waals surface area contributed by atoms with E-state index in [0.29, 0.717) is 23.7 Å². The molecular weight excluding hydrogens is 406 g/mol. The number of carbonyl (C=O) groups is 1. The molecule has 0 N–H and O–H groups in total. The number of anilines is 1. The van der Waals surface area contributed by atoms with E-state index in [-0.39, 0.29) is 24.3 Å². The van der Waals surface area contributed by atoms with Crippen LogP contribution < -0.4 is 9.64 Å². The average molecular weight is 438 g/mol. The maximum Gasteiger partial charge on any atom is 0.410 e. The Kier molecular flexibility index (Phi) is 5.39. The minimum absolute atomic E-state index is 0.0401. The van der Waals surface area contributed by atoms with E-state index in [1.807, 2.05) is 44.7 Å². The van der Waals surface area contributed by atoms with Crippen LogP contribution in [0, 0.1) is 13.8 Å². The minimum Gasteiger partial charge on any atom is -0.446 e. The molecule has 4 aliphatic heterocycles. The summed E-state index contributed by atoms with van der Waals surface area (Å²) in [5.74, 6) is 2.22. The average Bonchev–Trinajstić information content (AvgIpc) is 2.76. The van der Waals surface area contributed by atoms with Gasteiger partial charge in [0.25, 0.3) is 0 Å². The van der Waals surface area contributed by atoms with Crippen molar-refractivity contribution < 1.29 is 14.3 Å². The maximum atomic E-state index is 12.8. The van der Waals surface area contributed by atoms with Gasteiger partial charge in [-0.25, -0.2) is 14.8 Å². The van der Waals surface area contributed by atoms with E-state index in [9.17, 15) is 4.79 Å². The number of hydrogen-bond donors (Lipinski definition) is 0. The molecule has 0 aromatic carbocycles. The normalized spacial score (nSPS) is 26.9. The highest BCUT2D eigenvalue weighted by Crippen LogP contribution is 2.47. The number of aromatic nitrogens is 3. The third-order valence-corrected chi connectivity index (χ3v) is 7.26. The largest absolute Gasteiger partial charge is 0.446 e. The lowest BCUT2D eigenvalue weighted by Crippen LogP contribution is -2.70. The Morgan fingerprint density at radius 1 is 1.09 bits per heavy atom. The van der Waals surface area contributed by atoms with Gasteiger partial charge < -0.3 is 19.3 Å². The molecule has 4 fully saturated rings. The van der Waals surface area contributed by atoms with E-state index >= 15 is 0 Å². The Morgan fingerprint density at radius 3 is 2.41 bits per heavy atom. The summed E-state index contributed by atoms with van der Waals surface area (Å²) in [6.45, 7) is 7.95. The summed E-state index contributed by atoms with van der Waals surface area (Å²) in [6.07, 6.45) is 7.79. The van der Waals surface area contributed by atoms with Crippen molar-refractivity contribution in [1.82, 2.24) is 19.9 Å². The van der Waals surface area contributed by atoms with Gasteiger partial charge in [-0.2, -0.15) is 0 Å². The molecule has 1 atom stereocenters. The van der Waals surface area contributed by atoms with Crippen LogP contribution in [0.1, 0.15) is 57.2 Å². The van der Waals surface area contributed by atoms with Crippen LogP contribution in [0.5, 0.6) is 11.6 Å². The highest BCUT2D eigenvalue weighted by Gasteiger charge is 2.53. The summed E-state index contributed by atoms with van der Waals surface area (Å²) in [5, 5.41) is 0. The van der Waals surface area contributed by atoms with Gasteiger partial charge in [-0.3, -0.25) is 4.98 Å². The van der Waals surface area contributed by atoms with Crippen molar-refractivity contribution in [1.29, 1.82) is 0 Å². The molecule has 2 aromatic rings. The van der Waals surface area contributed by atoms with Crippen LogP contribution in [0.3, 0.4) is 0 Å². The van der Waals surface area contributed by atoms with E-state index in [2.05, 4.69) is 19.9 Å². The second kappa shape index (κ2) is 8.22. The molecule has 0 radical (unpaired) electrons. The van der Waals surface area contributed by atoms with E-state index in [1.165, 1.54) is 0 Å². The SMILES string of the molecule is CC[C@H](C)OC(=O)N1C2CC3CC1CC(C2)N3c1ncnc(Oc2cccnc2C)c1C. The maximum absolute atomic E-state index is 12.8. The highest BCUT2D eigenvalue weighted by atomic mass is 16.6. The van der Waals surface area contributed by atoms with Crippen LogP contribution in [0.2, 0.25) is 0 Å². The van der Waals surface area contributed by atoms with Gasteiger partial charge in [0.2, 0.25) is 5.88 Å². The molecule has 4 aliphatic rings. The Hall–Kier alpha value is -2.90. The van der Waals surface area contributed by atoms with Gasteiger partial charge in [0, 0.05) is 30.4 Å². The number of nitrogens with zero attached hydrogens (tertiary/aromatic N) is 5. The first-order chi connectivity index (χ1) is 15.5. The van der Waals surface area contributed by atoms with Crippen LogP contribution >= 0.6 is 0 Å². The van der Waals surface area contributed by atoms with Crippen molar-refractivity contribution in [2.24, 2.45) is 0 Å². The van der Waals surface area contributed by atoms with Gasteiger partial charge in [-0.05, 0) is 65.0 Å². The number of hydrogen-bond acceptors (Lipinski definition) is 7. The van der Waals surface area contributed by atoms with Crippen LogP contribution in [0.25, 0.3) is 0 Å². The molecular formula is C24H31N5O3. The molecule has 1 amide bonds.